The first-order valence-electron chi connectivity index (χ1n) is 7.98. The zero-order chi connectivity index (χ0) is 16.4. The van der Waals surface area contributed by atoms with E-state index >= 15 is 0 Å². The van der Waals surface area contributed by atoms with Crippen LogP contribution in [-0.2, 0) is 15.1 Å². The van der Waals surface area contributed by atoms with E-state index in [-0.39, 0.29) is 17.9 Å². The number of hydrogen-bond acceptors (Lipinski definition) is 3. The van der Waals surface area contributed by atoms with Crippen LogP contribution in [0.5, 0.6) is 0 Å². The Balaban J connectivity index is 1.74. The number of benzene rings is 1. The van der Waals surface area contributed by atoms with Crippen molar-refractivity contribution in [3.63, 3.8) is 0 Å². The first-order valence-corrected chi connectivity index (χ1v) is 7.98. The number of aryl methyl sites for hydroxylation is 1. The summed E-state index contributed by atoms with van der Waals surface area (Å²) < 4.78 is 0. The molecule has 2 aliphatic rings. The molecule has 0 bridgehead atoms. The lowest BCUT2D eigenvalue weighted by atomic mass is 9.87. The number of hydrogen-bond donors (Lipinski definition) is 3. The van der Waals surface area contributed by atoms with E-state index in [0.29, 0.717) is 0 Å². The first-order chi connectivity index (χ1) is 11.0. The van der Waals surface area contributed by atoms with Crippen LogP contribution in [0.1, 0.15) is 43.2 Å². The normalized spacial score (nSPS) is 22.6. The minimum absolute atomic E-state index is 0.0366. The second kappa shape index (κ2) is 6.02. The fraction of sp³-hybridized carbons (Fsp3) is 0.471. The number of urea groups is 1. The van der Waals surface area contributed by atoms with Crippen LogP contribution in [0.2, 0.25) is 0 Å². The Morgan fingerprint density at radius 1 is 1.30 bits per heavy atom. The molecule has 0 spiro atoms. The van der Waals surface area contributed by atoms with Crippen molar-refractivity contribution in [1.29, 1.82) is 0 Å². The van der Waals surface area contributed by atoms with Crippen LogP contribution in [0.3, 0.4) is 0 Å². The molecular weight excluding hydrogens is 294 g/mol. The van der Waals surface area contributed by atoms with Crippen molar-refractivity contribution in [2.24, 2.45) is 0 Å². The van der Waals surface area contributed by atoms with Crippen molar-refractivity contribution >= 4 is 17.8 Å². The highest BCUT2D eigenvalue weighted by Gasteiger charge is 2.39. The van der Waals surface area contributed by atoms with Crippen LogP contribution in [0.15, 0.2) is 24.3 Å². The monoisotopic (exact) mass is 315 g/mol. The molecule has 1 saturated carbocycles. The van der Waals surface area contributed by atoms with Gasteiger partial charge in [-0.15, -0.1) is 0 Å². The molecule has 4 amide bonds. The molecule has 1 aromatic carbocycles. The second-order valence-electron chi connectivity index (χ2n) is 6.43. The molecule has 1 unspecified atom stereocenters. The Labute approximate surface area is 135 Å². The van der Waals surface area contributed by atoms with Gasteiger partial charge in [0.25, 0.3) is 5.91 Å². The lowest BCUT2D eigenvalue weighted by Crippen LogP contribution is -2.46. The molecule has 1 aliphatic carbocycles. The average molecular weight is 315 g/mol. The van der Waals surface area contributed by atoms with Crippen LogP contribution in [0.4, 0.5) is 4.79 Å². The van der Waals surface area contributed by atoms with E-state index in [1.54, 1.807) is 0 Å². The fourth-order valence-electron chi connectivity index (χ4n) is 3.51. The molecule has 1 aromatic rings. The van der Waals surface area contributed by atoms with Crippen LogP contribution in [0.25, 0.3) is 0 Å². The van der Waals surface area contributed by atoms with Gasteiger partial charge in [-0.05, 0) is 25.3 Å². The van der Waals surface area contributed by atoms with Gasteiger partial charge in [-0.1, -0.05) is 42.7 Å². The van der Waals surface area contributed by atoms with Crippen molar-refractivity contribution < 1.29 is 14.4 Å². The lowest BCUT2D eigenvalue weighted by Gasteiger charge is -2.31. The van der Waals surface area contributed by atoms with Crippen molar-refractivity contribution in [3.05, 3.63) is 35.4 Å². The van der Waals surface area contributed by atoms with Gasteiger partial charge in [0.1, 0.15) is 6.04 Å². The Bertz CT molecular complexity index is 650. The summed E-state index contributed by atoms with van der Waals surface area (Å²) in [6, 6.07) is 6.87. The number of carbonyl (C=O) groups excluding carboxylic acids is 3. The van der Waals surface area contributed by atoms with Crippen LogP contribution >= 0.6 is 0 Å². The molecular formula is C17H21N3O3. The van der Waals surface area contributed by atoms with Crippen molar-refractivity contribution in [1.82, 2.24) is 16.0 Å². The second-order valence-corrected chi connectivity index (χ2v) is 6.43. The highest BCUT2D eigenvalue weighted by Crippen LogP contribution is 2.39. The van der Waals surface area contributed by atoms with Gasteiger partial charge in [-0.3, -0.25) is 14.9 Å². The summed E-state index contributed by atoms with van der Waals surface area (Å²) >= 11 is 0. The van der Waals surface area contributed by atoms with Gasteiger partial charge in [-0.25, -0.2) is 4.79 Å². The highest BCUT2D eigenvalue weighted by molar-refractivity contribution is 6.05. The van der Waals surface area contributed by atoms with Crippen molar-refractivity contribution in [3.8, 4) is 0 Å². The Hall–Kier alpha value is -2.37. The van der Waals surface area contributed by atoms with Gasteiger partial charge in [0, 0.05) is 0 Å². The van der Waals surface area contributed by atoms with Gasteiger partial charge in [0.15, 0.2) is 0 Å². The van der Waals surface area contributed by atoms with Crippen molar-refractivity contribution in [2.75, 3.05) is 0 Å². The summed E-state index contributed by atoms with van der Waals surface area (Å²) in [5, 5.41) is 7.73. The third kappa shape index (κ3) is 3.21. The largest absolute Gasteiger partial charge is 0.347 e. The van der Waals surface area contributed by atoms with Gasteiger partial charge in [-0.2, -0.15) is 0 Å². The number of nitrogens with one attached hydrogen (secondary N) is 3. The molecule has 1 atom stereocenters. The summed E-state index contributed by atoms with van der Waals surface area (Å²) in [7, 11) is 0. The van der Waals surface area contributed by atoms with E-state index in [9.17, 15) is 14.4 Å². The standard InChI is InChI=1S/C17H21N3O3/c1-11-5-4-6-12(9-11)17(7-2-3-8-17)20-14(21)10-13-15(22)19-16(23)18-13/h4-6,9,13H,2-3,7-8,10H2,1H3,(H,20,21)(H2,18,19,22,23). The summed E-state index contributed by atoms with van der Waals surface area (Å²) in [6.07, 6.45) is 3.88. The van der Waals surface area contributed by atoms with Crippen LogP contribution < -0.4 is 16.0 Å². The van der Waals surface area contributed by atoms with E-state index < -0.39 is 18.0 Å². The summed E-state index contributed by atoms with van der Waals surface area (Å²) in [5.41, 5.74) is 1.91. The molecule has 1 saturated heterocycles. The molecule has 3 N–H and O–H groups in total. The molecule has 1 aliphatic heterocycles. The highest BCUT2D eigenvalue weighted by atomic mass is 16.2. The topological polar surface area (TPSA) is 87.3 Å². The minimum atomic E-state index is -0.779. The predicted molar refractivity (Wildman–Crippen MR) is 84.5 cm³/mol. The Morgan fingerprint density at radius 3 is 2.65 bits per heavy atom. The van der Waals surface area contributed by atoms with E-state index in [2.05, 4.69) is 22.0 Å². The van der Waals surface area contributed by atoms with Gasteiger partial charge < -0.3 is 10.6 Å². The third-order valence-electron chi connectivity index (χ3n) is 4.65. The van der Waals surface area contributed by atoms with E-state index in [1.165, 1.54) is 0 Å². The number of rotatable bonds is 4. The van der Waals surface area contributed by atoms with E-state index in [1.807, 2.05) is 25.1 Å². The molecule has 122 valence electrons. The third-order valence-corrected chi connectivity index (χ3v) is 4.65. The molecule has 0 radical (unpaired) electrons. The molecule has 1 heterocycles. The Kier molecular flexibility index (Phi) is 4.07. The summed E-state index contributed by atoms with van der Waals surface area (Å²) in [5.74, 6) is -0.656. The first kappa shape index (κ1) is 15.5. The van der Waals surface area contributed by atoms with Crippen LogP contribution in [-0.4, -0.2) is 23.9 Å². The van der Waals surface area contributed by atoms with Gasteiger partial charge in [0.2, 0.25) is 5.91 Å². The van der Waals surface area contributed by atoms with Crippen molar-refractivity contribution in [2.45, 2.75) is 50.6 Å². The molecule has 3 rings (SSSR count). The molecule has 2 fully saturated rings. The summed E-state index contributed by atoms with van der Waals surface area (Å²) in [6.45, 7) is 2.03. The average Bonchev–Trinajstić information content (AvgIpc) is 3.07. The maximum absolute atomic E-state index is 12.4. The Morgan fingerprint density at radius 2 is 2.04 bits per heavy atom. The smallest absolute Gasteiger partial charge is 0.322 e. The number of carbonyl (C=O) groups is 3. The van der Waals surface area contributed by atoms with Gasteiger partial charge >= 0.3 is 6.03 Å². The molecule has 23 heavy (non-hydrogen) atoms. The van der Waals surface area contributed by atoms with E-state index in [4.69, 9.17) is 0 Å². The zero-order valence-corrected chi connectivity index (χ0v) is 13.1. The minimum Gasteiger partial charge on any atom is -0.347 e. The number of imide groups is 1. The molecule has 0 aromatic heterocycles. The quantitative estimate of drug-likeness (QED) is 0.736. The maximum atomic E-state index is 12.4. The zero-order valence-electron chi connectivity index (χ0n) is 13.1. The van der Waals surface area contributed by atoms with Crippen LogP contribution in [0, 0.1) is 6.92 Å². The maximum Gasteiger partial charge on any atom is 0.322 e. The summed E-state index contributed by atoms with van der Waals surface area (Å²) in [4.78, 5) is 35.1. The van der Waals surface area contributed by atoms with Gasteiger partial charge in [0.05, 0.1) is 12.0 Å². The lowest BCUT2D eigenvalue weighted by molar-refractivity contribution is -0.127. The number of amides is 4. The SMILES string of the molecule is Cc1cccc(C2(NC(=O)CC3NC(=O)NC3=O)CCCC2)c1. The fourth-order valence-corrected chi connectivity index (χ4v) is 3.51. The van der Waals surface area contributed by atoms with E-state index in [0.717, 1.165) is 36.8 Å². The molecule has 6 nitrogen and oxygen atoms in total. The molecule has 6 heteroatoms. The predicted octanol–water partition coefficient (Wildman–Crippen LogP) is 1.48.